The number of hydrogen-bond donors (Lipinski definition) is 0. The van der Waals surface area contributed by atoms with Crippen LogP contribution in [0, 0.1) is 5.41 Å². The topological polar surface area (TPSA) is 35.5 Å². The second-order valence-corrected chi connectivity index (χ2v) is 6.09. The quantitative estimate of drug-likeness (QED) is 0.622. The van der Waals surface area contributed by atoms with E-state index in [1.54, 1.807) is 13.4 Å². The summed E-state index contributed by atoms with van der Waals surface area (Å²) in [5.74, 6) is 0.812. The number of rotatable bonds is 3. The molecule has 0 aromatic heterocycles. The van der Waals surface area contributed by atoms with Crippen molar-refractivity contribution >= 4 is 21.9 Å². The highest BCUT2D eigenvalue weighted by molar-refractivity contribution is 9.10. The molecule has 1 aromatic rings. The number of carbonyl (C=O) groups excluding carboxylic acids is 1. The van der Waals surface area contributed by atoms with Crippen LogP contribution in [0.2, 0.25) is 0 Å². The zero-order chi connectivity index (χ0) is 14.2. The molecule has 0 heterocycles. The maximum Gasteiger partial charge on any atom is 0.307 e. The van der Waals surface area contributed by atoms with E-state index in [0.29, 0.717) is 0 Å². The highest BCUT2D eigenvalue weighted by Crippen LogP contribution is 2.64. The standard InChI is InChI=1S/C15H17BrO3/c1-9(17)19-8-11-14(15(11,2)3)10-5-6-13(18-4)12(16)7-10/h5-8,14H,1-4H3/b11-8+. The molecule has 1 atom stereocenters. The van der Waals surface area contributed by atoms with Gasteiger partial charge in [-0.05, 0) is 39.2 Å². The van der Waals surface area contributed by atoms with Crippen molar-refractivity contribution in [2.24, 2.45) is 5.41 Å². The van der Waals surface area contributed by atoms with Crippen molar-refractivity contribution in [2.45, 2.75) is 26.7 Å². The lowest BCUT2D eigenvalue weighted by Gasteiger charge is -2.06. The lowest BCUT2D eigenvalue weighted by molar-refractivity contribution is -0.135. The molecular formula is C15H17BrO3. The molecule has 19 heavy (non-hydrogen) atoms. The van der Waals surface area contributed by atoms with Gasteiger partial charge in [0.2, 0.25) is 0 Å². The Morgan fingerprint density at radius 3 is 2.63 bits per heavy atom. The second kappa shape index (κ2) is 5.00. The summed E-state index contributed by atoms with van der Waals surface area (Å²) in [5, 5.41) is 0. The maximum atomic E-state index is 10.9. The van der Waals surface area contributed by atoms with Crippen LogP contribution < -0.4 is 4.74 Å². The molecule has 2 rings (SSSR count). The minimum atomic E-state index is -0.287. The molecule has 1 aliphatic rings. The Bertz CT molecular complexity index is 546. The van der Waals surface area contributed by atoms with Crippen molar-refractivity contribution in [3.05, 3.63) is 40.1 Å². The van der Waals surface area contributed by atoms with Gasteiger partial charge in [-0.25, -0.2) is 0 Å². The second-order valence-electron chi connectivity index (χ2n) is 5.23. The fourth-order valence-electron chi connectivity index (χ4n) is 2.41. The number of esters is 1. The number of ether oxygens (including phenoxy) is 2. The molecule has 0 saturated heterocycles. The SMILES string of the molecule is COc1ccc(C2/C(=C\OC(C)=O)C2(C)C)cc1Br. The van der Waals surface area contributed by atoms with Gasteiger partial charge in [0.25, 0.3) is 0 Å². The molecule has 0 amide bonds. The van der Waals surface area contributed by atoms with E-state index in [-0.39, 0.29) is 17.3 Å². The van der Waals surface area contributed by atoms with Crippen molar-refractivity contribution in [1.82, 2.24) is 0 Å². The van der Waals surface area contributed by atoms with Crippen LogP contribution >= 0.6 is 15.9 Å². The van der Waals surface area contributed by atoms with E-state index in [1.807, 2.05) is 12.1 Å². The molecule has 3 nitrogen and oxygen atoms in total. The summed E-state index contributed by atoms with van der Waals surface area (Å²) in [7, 11) is 1.65. The van der Waals surface area contributed by atoms with Crippen LogP contribution in [0.5, 0.6) is 5.75 Å². The van der Waals surface area contributed by atoms with Gasteiger partial charge in [0.1, 0.15) is 5.75 Å². The third-order valence-corrected chi connectivity index (χ3v) is 4.17. The Labute approximate surface area is 121 Å². The third-order valence-electron chi connectivity index (χ3n) is 3.55. The van der Waals surface area contributed by atoms with Gasteiger partial charge in [0.05, 0.1) is 17.8 Å². The fraction of sp³-hybridized carbons (Fsp3) is 0.400. The first-order valence-corrected chi connectivity index (χ1v) is 6.88. The average Bonchev–Trinajstić information content (AvgIpc) is 2.88. The summed E-state index contributed by atoms with van der Waals surface area (Å²) in [6, 6.07) is 6.04. The number of methoxy groups -OCH3 is 1. The number of carbonyl (C=O) groups is 1. The first-order valence-electron chi connectivity index (χ1n) is 6.09. The predicted molar refractivity (Wildman–Crippen MR) is 77.1 cm³/mol. The molecule has 1 fully saturated rings. The van der Waals surface area contributed by atoms with Gasteiger partial charge in [-0.3, -0.25) is 4.79 Å². The van der Waals surface area contributed by atoms with Crippen molar-refractivity contribution in [2.75, 3.05) is 7.11 Å². The number of hydrogen-bond acceptors (Lipinski definition) is 3. The maximum absolute atomic E-state index is 10.9. The Morgan fingerprint density at radius 1 is 1.42 bits per heavy atom. The monoisotopic (exact) mass is 324 g/mol. The normalized spacial score (nSPS) is 22.2. The van der Waals surface area contributed by atoms with Crippen LogP contribution in [-0.4, -0.2) is 13.1 Å². The van der Waals surface area contributed by atoms with Crippen LogP contribution in [0.4, 0.5) is 0 Å². The van der Waals surface area contributed by atoms with E-state index in [2.05, 4.69) is 35.8 Å². The van der Waals surface area contributed by atoms with Gasteiger partial charge >= 0.3 is 5.97 Å². The number of benzene rings is 1. The largest absolute Gasteiger partial charge is 0.496 e. The highest BCUT2D eigenvalue weighted by Gasteiger charge is 2.53. The molecule has 1 aliphatic carbocycles. The first-order chi connectivity index (χ1) is 8.87. The molecule has 0 spiro atoms. The Hall–Kier alpha value is -1.29. The minimum Gasteiger partial charge on any atom is -0.496 e. The zero-order valence-electron chi connectivity index (χ0n) is 11.5. The summed E-state index contributed by atoms with van der Waals surface area (Å²) in [4.78, 5) is 10.9. The van der Waals surface area contributed by atoms with E-state index < -0.39 is 0 Å². The van der Waals surface area contributed by atoms with Gasteiger partial charge in [-0.15, -0.1) is 0 Å². The summed E-state index contributed by atoms with van der Waals surface area (Å²) in [6.45, 7) is 5.70. The van der Waals surface area contributed by atoms with Crippen LogP contribution in [-0.2, 0) is 9.53 Å². The van der Waals surface area contributed by atoms with E-state index in [9.17, 15) is 4.79 Å². The van der Waals surface area contributed by atoms with Crippen molar-refractivity contribution < 1.29 is 14.3 Å². The molecule has 0 N–H and O–H groups in total. The molecule has 0 bridgehead atoms. The third kappa shape index (κ3) is 2.68. The summed E-state index contributed by atoms with van der Waals surface area (Å²) in [6.07, 6.45) is 1.59. The van der Waals surface area contributed by atoms with Gasteiger partial charge < -0.3 is 9.47 Å². The Balaban J connectivity index is 2.26. The molecule has 0 radical (unpaired) electrons. The zero-order valence-corrected chi connectivity index (χ0v) is 13.1. The molecule has 1 unspecified atom stereocenters. The van der Waals surface area contributed by atoms with Crippen molar-refractivity contribution in [3.63, 3.8) is 0 Å². The molecule has 1 aromatic carbocycles. The van der Waals surface area contributed by atoms with E-state index >= 15 is 0 Å². The predicted octanol–water partition coefficient (Wildman–Crippen LogP) is 4.03. The number of allylic oxidation sites excluding steroid dienone is 1. The molecule has 102 valence electrons. The lowest BCUT2D eigenvalue weighted by Crippen LogP contribution is -1.91. The molecular weight excluding hydrogens is 308 g/mol. The van der Waals surface area contributed by atoms with Crippen LogP contribution in [0.3, 0.4) is 0 Å². The lowest BCUT2D eigenvalue weighted by atomic mass is 10.0. The molecule has 4 heteroatoms. The van der Waals surface area contributed by atoms with E-state index in [4.69, 9.17) is 9.47 Å². The fourth-order valence-corrected chi connectivity index (χ4v) is 2.96. The minimum absolute atomic E-state index is 0.0312. The van der Waals surface area contributed by atoms with E-state index in [0.717, 1.165) is 15.8 Å². The van der Waals surface area contributed by atoms with Gasteiger partial charge in [-0.2, -0.15) is 0 Å². The van der Waals surface area contributed by atoms with Crippen LogP contribution in [0.25, 0.3) is 0 Å². The summed E-state index contributed by atoms with van der Waals surface area (Å²) >= 11 is 3.49. The van der Waals surface area contributed by atoms with Crippen LogP contribution in [0.1, 0.15) is 32.3 Å². The number of halogens is 1. The molecule has 0 aliphatic heterocycles. The van der Waals surface area contributed by atoms with Gasteiger partial charge in [0, 0.05) is 18.3 Å². The van der Waals surface area contributed by atoms with Gasteiger partial charge in [-0.1, -0.05) is 19.9 Å². The smallest absolute Gasteiger partial charge is 0.307 e. The Morgan fingerprint density at radius 2 is 2.11 bits per heavy atom. The molecule has 1 saturated carbocycles. The highest BCUT2D eigenvalue weighted by atomic mass is 79.9. The average molecular weight is 325 g/mol. The van der Waals surface area contributed by atoms with Crippen LogP contribution in [0.15, 0.2) is 34.5 Å². The van der Waals surface area contributed by atoms with Crippen molar-refractivity contribution in [1.29, 1.82) is 0 Å². The summed E-state index contributed by atoms with van der Waals surface area (Å²) < 4.78 is 11.2. The van der Waals surface area contributed by atoms with Crippen molar-refractivity contribution in [3.8, 4) is 5.75 Å². The first kappa shape index (κ1) is 14.1. The van der Waals surface area contributed by atoms with Gasteiger partial charge in [0.15, 0.2) is 0 Å². The Kier molecular flexibility index (Phi) is 3.72. The van der Waals surface area contributed by atoms with E-state index in [1.165, 1.54) is 12.5 Å². The summed E-state index contributed by atoms with van der Waals surface area (Å²) in [5.41, 5.74) is 2.36.